The summed E-state index contributed by atoms with van der Waals surface area (Å²) in [5.41, 5.74) is -5.34. The highest BCUT2D eigenvalue weighted by Gasteiger charge is 2.71. The smallest absolute Gasteiger partial charge is 0.396 e. The van der Waals surface area contributed by atoms with Gasteiger partial charge in [-0.05, 0) is 51.5 Å². The van der Waals surface area contributed by atoms with Gasteiger partial charge in [0.1, 0.15) is 0 Å². The average molecular weight is 394 g/mol. The molecule has 0 aliphatic rings. The largest absolute Gasteiger partial charge is 0.435 e. The Bertz CT molecular complexity index is 280. The third-order valence-corrected chi connectivity index (χ3v) is 2.86. The minimum atomic E-state index is -6.06. The molecule has 0 radical (unpaired) electrons. The van der Waals surface area contributed by atoms with Crippen molar-refractivity contribution >= 4 is 22.6 Å². The molecule has 0 saturated heterocycles. The number of hydrogen-bond donors (Lipinski definition) is 1. The first-order valence-corrected chi connectivity index (χ1v) is 5.84. The highest BCUT2D eigenvalue weighted by Crippen LogP contribution is 2.48. The van der Waals surface area contributed by atoms with Gasteiger partial charge in [-0.1, -0.05) is 0 Å². The molecule has 0 fully saturated rings. The second kappa shape index (κ2) is 6.40. The minimum absolute atomic E-state index is 0.154. The molecule has 0 unspecified atom stereocenters. The van der Waals surface area contributed by atoms with Crippen LogP contribution in [0.25, 0.3) is 0 Å². The molecule has 0 aromatic heterocycles. The number of aliphatic hydroxyl groups is 1. The first-order chi connectivity index (χ1) is 7.95. The molecule has 0 amide bonds. The predicted molar refractivity (Wildman–Crippen MR) is 59.0 cm³/mol. The molecular formula is C9H10F7IO. The summed E-state index contributed by atoms with van der Waals surface area (Å²) in [7, 11) is 0. The summed E-state index contributed by atoms with van der Waals surface area (Å²) >= 11 is 1.23. The van der Waals surface area contributed by atoms with Gasteiger partial charge in [-0.3, -0.25) is 0 Å². The van der Waals surface area contributed by atoms with E-state index in [2.05, 4.69) is 0 Å². The molecule has 0 aliphatic carbocycles. The fourth-order valence-corrected chi connectivity index (χ4v) is 1.83. The van der Waals surface area contributed by atoms with E-state index in [0.29, 0.717) is 0 Å². The Morgan fingerprint density at radius 2 is 1.39 bits per heavy atom. The van der Waals surface area contributed by atoms with E-state index < -0.39 is 27.7 Å². The summed E-state index contributed by atoms with van der Waals surface area (Å²) < 4.78 is 85.8. The van der Waals surface area contributed by atoms with Gasteiger partial charge in [0.2, 0.25) is 0 Å². The van der Waals surface area contributed by atoms with Crippen molar-refractivity contribution in [2.24, 2.45) is 0 Å². The Labute approximate surface area is 112 Å². The molecular weight excluding hydrogens is 384 g/mol. The average Bonchev–Trinajstić information content (AvgIpc) is 2.14. The highest BCUT2D eigenvalue weighted by molar-refractivity contribution is 14.1. The van der Waals surface area contributed by atoms with E-state index >= 15 is 0 Å². The summed E-state index contributed by atoms with van der Waals surface area (Å²) in [6.07, 6.45) is -12.3. The van der Waals surface area contributed by atoms with Gasteiger partial charge in [0.25, 0.3) is 0 Å². The Morgan fingerprint density at radius 3 is 1.72 bits per heavy atom. The lowest BCUT2D eigenvalue weighted by Gasteiger charge is -2.27. The first-order valence-electron chi connectivity index (χ1n) is 4.76. The maximum Gasteiger partial charge on any atom is 0.435 e. The molecule has 9 heteroatoms. The molecule has 0 aromatic carbocycles. The molecule has 0 saturated carbocycles. The molecule has 18 heavy (non-hydrogen) atoms. The third kappa shape index (κ3) is 4.56. The van der Waals surface area contributed by atoms with Crippen molar-refractivity contribution in [1.29, 1.82) is 0 Å². The molecule has 0 atom stereocenters. The Balaban J connectivity index is 5.09. The van der Waals surface area contributed by atoms with Gasteiger partial charge >= 0.3 is 18.0 Å². The highest BCUT2D eigenvalue weighted by atomic mass is 127. The molecule has 0 aliphatic heterocycles. The number of rotatable bonds is 5. The zero-order chi connectivity index (χ0) is 14.6. The fraction of sp³-hybridized carbons (Fsp3) is 0.778. The van der Waals surface area contributed by atoms with Crippen molar-refractivity contribution < 1.29 is 35.8 Å². The van der Waals surface area contributed by atoms with Gasteiger partial charge in [0.15, 0.2) is 0 Å². The summed E-state index contributed by atoms with van der Waals surface area (Å²) in [6.45, 7) is -0.233. The molecule has 108 valence electrons. The van der Waals surface area contributed by atoms with Crippen LogP contribution < -0.4 is 0 Å². The van der Waals surface area contributed by atoms with E-state index in [0.717, 1.165) is 0 Å². The van der Waals surface area contributed by atoms with Crippen molar-refractivity contribution in [3.05, 3.63) is 9.66 Å². The maximum absolute atomic E-state index is 13.2. The zero-order valence-electron chi connectivity index (χ0n) is 8.88. The number of halogens is 8. The third-order valence-electron chi connectivity index (χ3n) is 2.00. The van der Waals surface area contributed by atoms with Gasteiger partial charge < -0.3 is 5.11 Å². The van der Waals surface area contributed by atoms with Crippen LogP contribution in [-0.4, -0.2) is 29.7 Å². The molecule has 0 rings (SSSR count). The van der Waals surface area contributed by atoms with Crippen LogP contribution >= 0.6 is 22.6 Å². The molecule has 0 aromatic rings. The topological polar surface area (TPSA) is 20.2 Å². The van der Waals surface area contributed by atoms with E-state index in [4.69, 9.17) is 5.11 Å². The van der Waals surface area contributed by atoms with Crippen LogP contribution in [0.3, 0.4) is 0 Å². The summed E-state index contributed by atoms with van der Waals surface area (Å²) in [5, 5.41) is 8.41. The lowest BCUT2D eigenvalue weighted by molar-refractivity contribution is -0.322. The number of allylic oxidation sites excluding steroid dienone is 2. The summed E-state index contributed by atoms with van der Waals surface area (Å²) in [6, 6.07) is 0. The lowest BCUT2D eigenvalue weighted by atomic mass is 10.0. The molecule has 1 N–H and O–H groups in total. The van der Waals surface area contributed by atoms with E-state index in [1.807, 2.05) is 0 Å². The Hall–Kier alpha value is -0.0600. The van der Waals surface area contributed by atoms with E-state index in [1.165, 1.54) is 22.6 Å². The normalized spacial score (nSPS) is 15.1. The van der Waals surface area contributed by atoms with Gasteiger partial charge in [0, 0.05) is 6.61 Å². The SMILES string of the molecule is OCCCCC(I)=CC(F)(C(F)(F)F)C(F)(F)F. The summed E-state index contributed by atoms with van der Waals surface area (Å²) in [5.74, 6) is 0. The zero-order valence-corrected chi connectivity index (χ0v) is 11.0. The van der Waals surface area contributed by atoms with Crippen LogP contribution in [0, 0.1) is 0 Å². The molecule has 1 nitrogen and oxygen atoms in total. The Kier molecular flexibility index (Phi) is 6.38. The number of alkyl halides is 7. The number of unbranched alkanes of at least 4 members (excludes halogenated alkanes) is 1. The standard InChI is InChI=1S/C9H10F7IO/c10-7(8(11,12)13,9(14,15)16)5-6(17)3-1-2-4-18/h5,18H,1-4H2. The van der Waals surface area contributed by atoms with Crippen molar-refractivity contribution in [3.8, 4) is 0 Å². The van der Waals surface area contributed by atoms with Crippen LogP contribution in [0.4, 0.5) is 30.7 Å². The quantitative estimate of drug-likeness (QED) is 0.419. The summed E-state index contributed by atoms with van der Waals surface area (Å²) in [4.78, 5) is 0. The van der Waals surface area contributed by atoms with E-state index in [9.17, 15) is 30.7 Å². The second-order valence-corrected chi connectivity index (χ2v) is 4.86. The van der Waals surface area contributed by atoms with Crippen molar-refractivity contribution in [2.45, 2.75) is 37.3 Å². The van der Waals surface area contributed by atoms with Crippen LogP contribution in [0.1, 0.15) is 19.3 Å². The van der Waals surface area contributed by atoms with E-state index in [1.54, 1.807) is 0 Å². The second-order valence-electron chi connectivity index (χ2n) is 3.48. The minimum Gasteiger partial charge on any atom is -0.396 e. The van der Waals surface area contributed by atoms with Crippen LogP contribution in [0.2, 0.25) is 0 Å². The van der Waals surface area contributed by atoms with Gasteiger partial charge in [0.05, 0.1) is 0 Å². The van der Waals surface area contributed by atoms with Crippen molar-refractivity contribution in [1.82, 2.24) is 0 Å². The molecule has 0 heterocycles. The number of hydrogen-bond acceptors (Lipinski definition) is 1. The van der Waals surface area contributed by atoms with Gasteiger partial charge in [-0.25, -0.2) is 4.39 Å². The fourth-order valence-electron chi connectivity index (χ4n) is 1.02. The monoisotopic (exact) mass is 394 g/mol. The van der Waals surface area contributed by atoms with Crippen molar-refractivity contribution in [3.63, 3.8) is 0 Å². The maximum atomic E-state index is 13.2. The Morgan fingerprint density at radius 1 is 0.944 bits per heavy atom. The first kappa shape index (κ1) is 17.9. The van der Waals surface area contributed by atoms with Gasteiger partial charge in [-0.15, -0.1) is 0 Å². The van der Waals surface area contributed by atoms with Crippen LogP contribution in [0.5, 0.6) is 0 Å². The van der Waals surface area contributed by atoms with Crippen LogP contribution in [0.15, 0.2) is 9.66 Å². The molecule has 0 spiro atoms. The molecule has 0 bridgehead atoms. The van der Waals surface area contributed by atoms with Gasteiger partial charge in [-0.2, -0.15) is 26.3 Å². The lowest BCUT2D eigenvalue weighted by Crippen LogP contribution is -2.51. The van der Waals surface area contributed by atoms with Crippen LogP contribution in [-0.2, 0) is 0 Å². The van der Waals surface area contributed by atoms with Crippen molar-refractivity contribution in [2.75, 3.05) is 6.61 Å². The predicted octanol–water partition coefficient (Wildman–Crippen LogP) is 4.30. The number of aliphatic hydroxyl groups excluding tert-OH is 1. The van der Waals surface area contributed by atoms with E-state index in [-0.39, 0.29) is 25.9 Å².